The van der Waals surface area contributed by atoms with E-state index >= 15 is 0 Å². The van der Waals surface area contributed by atoms with Gasteiger partial charge in [0.1, 0.15) is 12.4 Å². The molecule has 1 unspecified atom stereocenters. The second kappa shape index (κ2) is 8.86. The fourth-order valence-corrected chi connectivity index (χ4v) is 3.29. The van der Waals surface area contributed by atoms with Crippen molar-refractivity contribution in [1.82, 2.24) is 9.88 Å². The topological polar surface area (TPSA) is 65.9 Å². The highest BCUT2D eigenvalue weighted by Crippen LogP contribution is 2.18. The molecule has 1 fully saturated rings. The van der Waals surface area contributed by atoms with Gasteiger partial charge in [-0.2, -0.15) is 0 Å². The van der Waals surface area contributed by atoms with Crippen LogP contribution in [0.5, 0.6) is 5.75 Å². The number of ether oxygens (including phenoxy) is 1. The third-order valence-electron chi connectivity index (χ3n) is 4.83. The molecule has 2 heterocycles. The molecule has 1 aromatic heterocycles. The van der Waals surface area contributed by atoms with E-state index in [4.69, 9.17) is 4.74 Å². The summed E-state index contributed by atoms with van der Waals surface area (Å²) in [4.78, 5) is 20.9. The van der Waals surface area contributed by atoms with Crippen molar-refractivity contribution in [3.63, 3.8) is 0 Å². The molecule has 0 bridgehead atoms. The first-order chi connectivity index (χ1) is 13.0. The van der Waals surface area contributed by atoms with Gasteiger partial charge >= 0.3 is 0 Å². The smallest absolute Gasteiger partial charge is 0.255 e. The van der Waals surface area contributed by atoms with Crippen LogP contribution in [-0.4, -0.2) is 59.8 Å². The van der Waals surface area contributed by atoms with E-state index in [1.54, 1.807) is 4.90 Å². The predicted molar refractivity (Wildman–Crippen MR) is 105 cm³/mol. The van der Waals surface area contributed by atoms with Crippen LogP contribution >= 0.6 is 0 Å². The number of pyridine rings is 1. The lowest BCUT2D eigenvalue weighted by Crippen LogP contribution is -2.43. The number of aliphatic hydroxyl groups excluding tert-OH is 1. The molecule has 3 rings (SSSR count). The van der Waals surface area contributed by atoms with Gasteiger partial charge in [0.05, 0.1) is 0 Å². The maximum absolute atomic E-state index is 12.6. The molecule has 0 saturated carbocycles. The maximum Gasteiger partial charge on any atom is 0.255 e. The van der Waals surface area contributed by atoms with Crippen LogP contribution in [0.3, 0.4) is 0 Å². The Morgan fingerprint density at radius 1 is 1.19 bits per heavy atom. The standard InChI is InChI=1S/C21H27N3O3/c1-16-6-3-4-7-20(16)27-15-19(25)21(26)24-11-5-10-23(12-13-24)18-8-9-22-17(2)14-18/h3-4,6-9,14,19,25H,5,10-13,15H2,1-2H3. The fourth-order valence-electron chi connectivity index (χ4n) is 3.29. The Kier molecular flexibility index (Phi) is 6.29. The van der Waals surface area contributed by atoms with Crippen LogP contribution in [0.25, 0.3) is 0 Å². The van der Waals surface area contributed by atoms with E-state index in [-0.39, 0.29) is 12.5 Å². The highest BCUT2D eigenvalue weighted by atomic mass is 16.5. The third kappa shape index (κ3) is 4.98. The van der Waals surface area contributed by atoms with Crippen molar-refractivity contribution >= 4 is 11.6 Å². The summed E-state index contributed by atoms with van der Waals surface area (Å²) >= 11 is 0. The molecule has 27 heavy (non-hydrogen) atoms. The van der Waals surface area contributed by atoms with Gasteiger partial charge < -0.3 is 19.6 Å². The van der Waals surface area contributed by atoms with Crippen LogP contribution in [0.15, 0.2) is 42.6 Å². The predicted octanol–water partition coefficient (Wildman–Crippen LogP) is 2.18. The van der Waals surface area contributed by atoms with Crippen LogP contribution < -0.4 is 9.64 Å². The van der Waals surface area contributed by atoms with Gasteiger partial charge in [0.2, 0.25) is 0 Å². The average Bonchev–Trinajstić information content (AvgIpc) is 2.93. The highest BCUT2D eigenvalue weighted by Gasteiger charge is 2.25. The zero-order valence-corrected chi connectivity index (χ0v) is 16.0. The van der Waals surface area contributed by atoms with Gasteiger partial charge in [0.15, 0.2) is 6.10 Å². The van der Waals surface area contributed by atoms with E-state index in [1.165, 1.54) is 0 Å². The van der Waals surface area contributed by atoms with Crippen LogP contribution in [0.4, 0.5) is 5.69 Å². The summed E-state index contributed by atoms with van der Waals surface area (Å²) < 4.78 is 5.63. The van der Waals surface area contributed by atoms with Crippen molar-refractivity contribution < 1.29 is 14.6 Å². The Labute approximate surface area is 160 Å². The number of carbonyl (C=O) groups excluding carboxylic acids is 1. The fraction of sp³-hybridized carbons (Fsp3) is 0.429. The van der Waals surface area contributed by atoms with Crippen LogP contribution in [0.1, 0.15) is 17.7 Å². The van der Waals surface area contributed by atoms with Gasteiger partial charge in [-0.05, 0) is 44.0 Å². The Morgan fingerprint density at radius 2 is 2.00 bits per heavy atom. The van der Waals surface area contributed by atoms with E-state index in [0.717, 1.165) is 36.5 Å². The molecule has 1 atom stereocenters. The van der Waals surface area contributed by atoms with Gasteiger partial charge in [-0.1, -0.05) is 18.2 Å². The van der Waals surface area contributed by atoms with Gasteiger partial charge in [-0.15, -0.1) is 0 Å². The zero-order valence-electron chi connectivity index (χ0n) is 16.0. The van der Waals surface area contributed by atoms with Crippen LogP contribution in [0.2, 0.25) is 0 Å². The molecule has 0 spiro atoms. The first-order valence-electron chi connectivity index (χ1n) is 9.37. The van der Waals surface area contributed by atoms with Crippen LogP contribution in [0, 0.1) is 13.8 Å². The summed E-state index contributed by atoms with van der Waals surface area (Å²) in [6, 6.07) is 11.6. The summed E-state index contributed by atoms with van der Waals surface area (Å²) in [6.45, 7) is 6.72. The highest BCUT2D eigenvalue weighted by molar-refractivity contribution is 5.81. The number of amides is 1. The molecule has 1 aliphatic heterocycles. The number of carbonyl (C=O) groups is 1. The number of benzene rings is 1. The minimum absolute atomic E-state index is 0.0343. The van der Waals surface area contributed by atoms with Crippen molar-refractivity contribution in [1.29, 1.82) is 0 Å². The van der Waals surface area contributed by atoms with E-state index in [2.05, 4.69) is 16.0 Å². The number of nitrogens with zero attached hydrogens (tertiary/aromatic N) is 3. The minimum atomic E-state index is -1.15. The number of anilines is 1. The first kappa shape index (κ1) is 19.2. The molecule has 1 aromatic carbocycles. The Bertz CT molecular complexity index is 781. The minimum Gasteiger partial charge on any atom is -0.490 e. The molecule has 1 aliphatic rings. The summed E-state index contributed by atoms with van der Waals surface area (Å²) in [5.41, 5.74) is 3.09. The third-order valence-corrected chi connectivity index (χ3v) is 4.83. The van der Waals surface area contributed by atoms with Crippen LogP contribution in [-0.2, 0) is 4.79 Å². The average molecular weight is 369 g/mol. The molecule has 144 valence electrons. The normalized spacial score (nSPS) is 16.0. The van der Waals surface area contributed by atoms with E-state index < -0.39 is 6.10 Å². The Hall–Kier alpha value is -2.60. The first-order valence-corrected chi connectivity index (χ1v) is 9.37. The largest absolute Gasteiger partial charge is 0.490 e. The van der Waals surface area contributed by atoms with Crippen molar-refractivity contribution in [2.24, 2.45) is 0 Å². The second-order valence-electron chi connectivity index (χ2n) is 6.91. The molecule has 1 N–H and O–H groups in total. The van der Waals surface area contributed by atoms with E-state index in [9.17, 15) is 9.90 Å². The number of hydrogen-bond acceptors (Lipinski definition) is 5. The number of para-hydroxylation sites is 1. The molecule has 2 aromatic rings. The van der Waals surface area contributed by atoms with E-state index in [1.807, 2.05) is 50.4 Å². The molecular formula is C21H27N3O3. The summed E-state index contributed by atoms with van der Waals surface area (Å²) in [7, 11) is 0. The molecule has 1 saturated heterocycles. The molecule has 0 radical (unpaired) electrons. The molecule has 1 amide bonds. The number of aromatic nitrogens is 1. The molecular weight excluding hydrogens is 342 g/mol. The number of hydrogen-bond donors (Lipinski definition) is 1. The lowest BCUT2D eigenvalue weighted by Gasteiger charge is -2.25. The van der Waals surface area contributed by atoms with Crippen molar-refractivity contribution in [3.8, 4) is 5.75 Å². The van der Waals surface area contributed by atoms with Crippen molar-refractivity contribution in [2.45, 2.75) is 26.4 Å². The molecule has 6 heteroatoms. The monoisotopic (exact) mass is 369 g/mol. The lowest BCUT2D eigenvalue weighted by molar-refractivity contribution is -0.141. The van der Waals surface area contributed by atoms with Gasteiger partial charge in [-0.25, -0.2) is 0 Å². The van der Waals surface area contributed by atoms with Crippen molar-refractivity contribution in [3.05, 3.63) is 53.9 Å². The zero-order chi connectivity index (χ0) is 19.2. The van der Waals surface area contributed by atoms with E-state index in [0.29, 0.717) is 18.8 Å². The number of aryl methyl sites for hydroxylation is 2. The summed E-state index contributed by atoms with van der Waals surface area (Å²) in [5, 5.41) is 10.3. The summed E-state index contributed by atoms with van der Waals surface area (Å²) in [6.07, 6.45) is 1.52. The quantitative estimate of drug-likeness (QED) is 0.875. The molecule has 0 aliphatic carbocycles. The summed E-state index contributed by atoms with van der Waals surface area (Å²) in [5.74, 6) is 0.427. The Morgan fingerprint density at radius 3 is 2.78 bits per heavy atom. The van der Waals surface area contributed by atoms with Gasteiger partial charge in [-0.3, -0.25) is 9.78 Å². The SMILES string of the molecule is Cc1cc(N2CCCN(C(=O)C(O)COc3ccccc3C)CC2)ccn1. The number of aliphatic hydroxyl groups is 1. The lowest BCUT2D eigenvalue weighted by atomic mass is 10.2. The Balaban J connectivity index is 1.55. The van der Waals surface area contributed by atoms with Gasteiger partial charge in [0, 0.05) is 43.8 Å². The second-order valence-corrected chi connectivity index (χ2v) is 6.91. The van der Waals surface area contributed by atoms with Gasteiger partial charge in [0.25, 0.3) is 5.91 Å². The maximum atomic E-state index is 12.6. The van der Waals surface area contributed by atoms with Crippen molar-refractivity contribution in [2.75, 3.05) is 37.7 Å². The molecule has 6 nitrogen and oxygen atoms in total. The number of rotatable bonds is 5.